The summed E-state index contributed by atoms with van der Waals surface area (Å²) in [7, 11) is 0. The van der Waals surface area contributed by atoms with Gasteiger partial charge in [-0.3, -0.25) is 0 Å². The van der Waals surface area contributed by atoms with Gasteiger partial charge >= 0.3 is 0 Å². The second kappa shape index (κ2) is 4.23. The Balaban J connectivity index is 1.85. The topological polar surface area (TPSA) is 17.8 Å². The lowest BCUT2D eigenvalue weighted by molar-refractivity contribution is 0.437. The minimum Gasteiger partial charge on any atom is -0.334 e. The van der Waals surface area contributed by atoms with Gasteiger partial charge < -0.3 is 4.57 Å². The molecule has 1 aromatic rings. The van der Waals surface area contributed by atoms with Crippen molar-refractivity contribution in [2.75, 3.05) is 0 Å². The highest BCUT2D eigenvalue weighted by Gasteiger charge is 2.23. The van der Waals surface area contributed by atoms with Gasteiger partial charge in [0.1, 0.15) is 5.82 Å². The standard InChI is InChI=1S/C14H22N2/c1-11-6-5-9-16-10-13(15-14(11)16)12-7-3-2-4-8-12/h10-12H,2-9H2,1H3. The van der Waals surface area contributed by atoms with Crippen LogP contribution in [0.25, 0.3) is 0 Å². The van der Waals surface area contributed by atoms with E-state index >= 15 is 0 Å². The monoisotopic (exact) mass is 218 g/mol. The molecule has 2 heteroatoms. The summed E-state index contributed by atoms with van der Waals surface area (Å²) in [6.07, 6.45) is 12.0. The largest absolute Gasteiger partial charge is 0.334 e. The molecule has 1 saturated carbocycles. The molecular formula is C14H22N2. The lowest BCUT2D eigenvalue weighted by Gasteiger charge is -2.19. The van der Waals surface area contributed by atoms with E-state index in [2.05, 4.69) is 17.7 Å². The Morgan fingerprint density at radius 3 is 2.69 bits per heavy atom. The number of imidazole rings is 1. The number of aromatic nitrogens is 2. The first kappa shape index (κ1) is 10.4. The molecule has 1 unspecified atom stereocenters. The van der Waals surface area contributed by atoms with E-state index in [0.717, 1.165) is 5.92 Å². The van der Waals surface area contributed by atoms with E-state index in [9.17, 15) is 0 Å². The lowest BCUT2D eigenvalue weighted by atomic mass is 9.87. The van der Waals surface area contributed by atoms with E-state index in [-0.39, 0.29) is 0 Å². The predicted molar refractivity (Wildman–Crippen MR) is 65.7 cm³/mol. The molecule has 1 aliphatic carbocycles. The SMILES string of the molecule is CC1CCCn2cc(C3CCCCC3)nc21. The van der Waals surface area contributed by atoms with Crippen molar-refractivity contribution in [3.63, 3.8) is 0 Å². The maximum atomic E-state index is 4.92. The zero-order valence-corrected chi connectivity index (χ0v) is 10.3. The van der Waals surface area contributed by atoms with Gasteiger partial charge in [0, 0.05) is 24.6 Å². The van der Waals surface area contributed by atoms with Crippen LogP contribution in [0.4, 0.5) is 0 Å². The maximum absolute atomic E-state index is 4.92. The second-order valence-corrected chi connectivity index (χ2v) is 5.60. The van der Waals surface area contributed by atoms with E-state index < -0.39 is 0 Å². The van der Waals surface area contributed by atoms with Crippen molar-refractivity contribution in [1.29, 1.82) is 0 Å². The van der Waals surface area contributed by atoms with Gasteiger partial charge in [0.15, 0.2) is 0 Å². The zero-order chi connectivity index (χ0) is 11.0. The molecule has 3 rings (SSSR count). The Kier molecular flexibility index (Phi) is 2.74. The van der Waals surface area contributed by atoms with Crippen LogP contribution in [0.2, 0.25) is 0 Å². The summed E-state index contributed by atoms with van der Waals surface area (Å²) in [5.41, 5.74) is 1.39. The Hall–Kier alpha value is -0.790. The van der Waals surface area contributed by atoms with Crippen LogP contribution < -0.4 is 0 Å². The second-order valence-electron chi connectivity index (χ2n) is 5.60. The van der Waals surface area contributed by atoms with Crippen molar-refractivity contribution in [3.05, 3.63) is 17.7 Å². The Morgan fingerprint density at radius 1 is 1.12 bits per heavy atom. The summed E-state index contributed by atoms with van der Waals surface area (Å²) in [6.45, 7) is 3.52. The first-order chi connectivity index (χ1) is 7.84. The van der Waals surface area contributed by atoms with Crippen molar-refractivity contribution in [2.24, 2.45) is 0 Å². The molecule has 2 heterocycles. The number of hydrogen-bond acceptors (Lipinski definition) is 1. The van der Waals surface area contributed by atoms with Crippen LogP contribution in [0.1, 0.15) is 75.2 Å². The molecule has 2 nitrogen and oxygen atoms in total. The van der Waals surface area contributed by atoms with E-state index in [1.54, 1.807) is 0 Å². The van der Waals surface area contributed by atoms with E-state index in [4.69, 9.17) is 4.98 Å². The van der Waals surface area contributed by atoms with Crippen LogP contribution in [0.5, 0.6) is 0 Å². The van der Waals surface area contributed by atoms with Gasteiger partial charge in [0.25, 0.3) is 0 Å². The smallest absolute Gasteiger partial charge is 0.111 e. The fourth-order valence-corrected chi connectivity index (χ4v) is 3.32. The van der Waals surface area contributed by atoms with Gasteiger partial charge in [-0.1, -0.05) is 26.2 Å². The molecule has 0 spiro atoms. The van der Waals surface area contributed by atoms with Gasteiger partial charge in [-0.15, -0.1) is 0 Å². The van der Waals surface area contributed by atoms with E-state index in [1.165, 1.54) is 63.0 Å². The first-order valence-corrected chi connectivity index (χ1v) is 6.91. The average Bonchev–Trinajstić information content (AvgIpc) is 2.76. The van der Waals surface area contributed by atoms with E-state index in [0.29, 0.717) is 5.92 Å². The van der Waals surface area contributed by atoms with Crippen molar-refractivity contribution in [3.8, 4) is 0 Å². The van der Waals surface area contributed by atoms with Crippen LogP contribution in [0.3, 0.4) is 0 Å². The third kappa shape index (κ3) is 1.79. The number of aryl methyl sites for hydroxylation is 1. The summed E-state index contributed by atoms with van der Waals surface area (Å²) in [6, 6.07) is 0. The van der Waals surface area contributed by atoms with Crippen molar-refractivity contribution < 1.29 is 0 Å². The van der Waals surface area contributed by atoms with Gasteiger partial charge in [0.2, 0.25) is 0 Å². The lowest BCUT2D eigenvalue weighted by Crippen LogP contribution is -2.12. The molecule has 1 aliphatic heterocycles. The predicted octanol–water partition coefficient (Wildman–Crippen LogP) is 3.83. The molecule has 1 aromatic heterocycles. The molecule has 0 aromatic carbocycles. The third-order valence-corrected chi connectivity index (χ3v) is 4.33. The normalized spacial score (nSPS) is 26.7. The van der Waals surface area contributed by atoms with Crippen molar-refractivity contribution >= 4 is 0 Å². The maximum Gasteiger partial charge on any atom is 0.111 e. The molecule has 88 valence electrons. The van der Waals surface area contributed by atoms with E-state index in [1.807, 2.05) is 0 Å². The third-order valence-electron chi connectivity index (χ3n) is 4.33. The molecule has 0 saturated heterocycles. The minimum absolute atomic E-state index is 0.672. The number of fused-ring (bicyclic) bond motifs is 1. The van der Waals surface area contributed by atoms with Crippen molar-refractivity contribution in [1.82, 2.24) is 9.55 Å². The van der Waals surface area contributed by atoms with Crippen LogP contribution in [0.15, 0.2) is 6.20 Å². The summed E-state index contributed by atoms with van der Waals surface area (Å²) >= 11 is 0. The average molecular weight is 218 g/mol. The Bertz CT molecular complexity index is 361. The Labute approximate surface area is 98.1 Å². The molecule has 0 amide bonds. The van der Waals surface area contributed by atoms with Crippen LogP contribution in [0, 0.1) is 0 Å². The summed E-state index contributed by atoms with van der Waals surface area (Å²) in [5.74, 6) is 2.79. The number of rotatable bonds is 1. The highest BCUT2D eigenvalue weighted by atomic mass is 15.1. The van der Waals surface area contributed by atoms with Crippen LogP contribution in [-0.4, -0.2) is 9.55 Å². The number of hydrogen-bond donors (Lipinski definition) is 0. The quantitative estimate of drug-likeness (QED) is 0.700. The first-order valence-electron chi connectivity index (χ1n) is 6.91. The van der Waals surface area contributed by atoms with Crippen LogP contribution >= 0.6 is 0 Å². The zero-order valence-electron chi connectivity index (χ0n) is 10.3. The highest BCUT2D eigenvalue weighted by molar-refractivity contribution is 5.14. The molecule has 1 atom stereocenters. The fourth-order valence-electron chi connectivity index (χ4n) is 3.32. The molecule has 2 aliphatic rings. The summed E-state index contributed by atoms with van der Waals surface area (Å²) < 4.78 is 2.41. The highest BCUT2D eigenvalue weighted by Crippen LogP contribution is 2.34. The van der Waals surface area contributed by atoms with Gasteiger partial charge in [-0.2, -0.15) is 0 Å². The fraction of sp³-hybridized carbons (Fsp3) is 0.786. The molecule has 0 bridgehead atoms. The summed E-state index contributed by atoms with van der Waals surface area (Å²) in [4.78, 5) is 4.92. The van der Waals surface area contributed by atoms with Crippen LogP contribution in [-0.2, 0) is 6.54 Å². The molecular weight excluding hydrogens is 196 g/mol. The molecule has 0 N–H and O–H groups in total. The Morgan fingerprint density at radius 2 is 1.94 bits per heavy atom. The molecule has 0 radical (unpaired) electrons. The molecule has 16 heavy (non-hydrogen) atoms. The number of nitrogens with zero attached hydrogens (tertiary/aromatic N) is 2. The summed E-state index contributed by atoms with van der Waals surface area (Å²) in [5, 5.41) is 0. The van der Waals surface area contributed by atoms with Gasteiger partial charge in [-0.05, 0) is 25.7 Å². The van der Waals surface area contributed by atoms with Gasteiger partial charge in [-0.25, -0.2) is 4.98 Å². The van der Waals surface area contributed by atoms with Crippen molar-refractivity contribution in [2.45, 2.75) is 70.3 Å². The van der Waals surface area contributed by atoms with Gasteiger partial charge in [0.05, 0.1) is 5.69 Å². The molecule has 1 fully saturated rings. The minimum atomic E-state index is 0.672.